The molecule has 0 saturated carbocycles. The topological polar surface area (TPSA) is 3.24 Å². The first-order chi connectivity index (χ1) is 11.4. The third-order valence-corrected chi connectivity index (χ3v) is 5.08. The lowest BCUT2D eigenvalue weighted by molar-refractivity contribution is 0.404. The molecule has 24 heavy (non-hydrogen) atoms. The summed E-state index contributed by atoms with van der Waals surface area (Å²) in [5, 5.41) is 1.24. The van der Waals surface area contributed by atoms with E-state index < -0.39 is 0 Å². The summed E-state index contributed by atoms with van der Waals surface area (Å²) >= 11 is 0. The average molecular weight is 337 g/mol. The smallest absolute Gasteiger partial charge is 0.0290 e. The van der Waals surface area contributed by atoms with Crippen LogP contribution in [0.4, 0.5) is 0 Å². The van der Waals surface area contributed by atoms with E-state index in [2.05, 4.69) is 103 Å². The van der Waals surface area contributed by atoms with Gasteiger partial charge in [0.1, 0.15) is 0 Å². The molecule has 0 radical (unpaired) electrons. The number of benzene rings is 2. The largest absolute Gasteiger partial charge is 0.374 e. The SMILES string of the molecule is C=C(/C=C/c1ccc(C)c(P)c1)N(C)CC(C)c1ccc(C)cc1. The van der Waals surface area contributed by atoms with Crippen LogP contribution >= 0.6 is 9.24 Å². The molecular weight excluding hydrogens is 309 g/mol. The molecule has 2 unspecified atom stereocenters. The maximum atomic E-state index is 4.20. The van der Waals surface area contributed by atoms with E-state index in [-0.39, 0.29) is 0 Å². The summed E-state index contributed by atoms with van der Waals surface area (Å²) in [6, 6.07) is 15.3. The lowest BCUT2D eigenvalue weighted by atomic mass is 9.99. The van der Waals surface area contributed by atoms with Gasteiger partial charge in [0, 0.05) is 19.3 Å². The van der Waals surface area contributed by atoms with E-state index in [4.69, 9.17) is 0 Å². The first-order valence-electron chi connectivity index (χ1n) is 8.37. The molecule has 0 aromatic heterocycles. The zero-order valence-electron chi connectivity index (χ0n) is 15.2. The van der Waals surface area contributed by atoms with Gasteiger partial charge in [0.15, 0.2) is 0 Å². The summed E-state index contributed by atoms with van der Waals surface area (Å²) in [5.41, 5.74) is 6.19. The van der Waals surface area contributed by atoms with E-state index in [0.717, 1.165) is 12.2 Å². The van der Waals surface area contributed by atoms with Gasteiger partial charge in [-0.15, -0.1) is 9.24 Å². The predicted octanol–water partition coefficient (Wildman–Crippen LogP) is 5.07. The Morgan fingerprint density at radius 2 is 1.83 bits per heavy atom. The van der Waals surface area contributed by atoms with Crippen LogP contribution in [0, 0.1) is 13.8 Å². The van der Waals surface area contributed by atoms with Gasteiger partial charge < -0.3 is 4.90 Å². The lowest BCUT2D eigenvalue weighted by Gasteiger charge is -2.24. The molecule has 2 aromatic carbocycles. The third kappa shape index (κ3) is 5.08. The third-order valence-electron chi connectivity index (χ3n) is 4.46. The van der Waals surface area contributed by atoms with Crippen molar-refractivity contribution in [1.29, 1.82) is 0 Å². The van der Waals surface area contributed by atoms with Crippen molar-refractivity contribution in [1.82, 2.24) is 4.90 Å². The highest BCUT2D eigenvalue weighted by Gasteiger charge is 2.09. The van der Waals surface area contributed by atoms with Crippen LogP contribution in [0.2, 0.25) is 0 Å². The maximum absolute atomic E-state index is 4.20. The normalized spacial score (nSPS) is 12.4. The molecule has 0 saturated heterocycles. The standard InChI is InChI=1S/C22H28NP/c1-16-6-12-21(13-7-16)18(3)15-23(5)19(4)9-11-20-10-8-17(2)22(24)14-20/h6-14,18H,4,15,24H2,1-3,5H3/b11-9+. The highest BCUT2D eigenvalue weighted by atomic mass is 31.0. The number of hydrogen-bond donors (Lipinski definition) is 0. The van der Waals surface area contributed by atoms with E-state index in [9.17, 15) is 0 Å². The summed E-state index contributed by atoms with van der Waals surface area (Å²) in [4.78, 5) is 2.22. The first-order valence-corrected chi connectivity index (χ1v) is 8.95. The number of nitrogens with zero attached hydrogens (tertiary/aromatic N) is 1. The van der Waals surface area contributed by atoms with Gasteiger partial charge in [0.05, 0.1) is 0 Å². The highest BCUT2D eigenvalue weighted by Crippen LogP contribution is 2.19. The summed E-state index contributed by atoms with van der Waals surface area (Å²) in [6.45, 7) is 11.7. The molecule has 0 spiro atoms. The van der Waals surface area contributed by atoms with Crippen molar-refractivity contribution in [3.05, 3.63) is 83.1 Å². The van der Waals surface area contributed by atoms with Gasteiger partial charge in [-0.3, -0.25) is 0 Å². The Morgan fingerprint density at radius 1 is 1.17 bits per heavy atom. The fourth-order valence-electron chi connectivity index (χ4n) is 2.61. The quantitative estimate of drug-likeness (QED) is 0.526. The molecule has 0 N–H and O–H groups in total. The zero-order valence-corrected chi connectivity index (χ0v) is 16.4. The highest BCUT2D eigenvalue weighted by molar-refractivity contribution is 7.27. The van der Waals surface area contributed by atoms with Crippen molar-refractivity contribution in [2.24, 2.45) is 0 Å². The second kappa shape index (κ2) is 8.31. The molecule has 0 heterocycles. The molecule has 0 bridgehead atoms. The minimum atomic E-state index is 0.471. The van der Waals surface area contributed by atoms with E-state index in [0.29, 0.717) is 5.92 Å². The molecule has 126 valence electrons. The molecule has 0 fully saturated rings. The van der Waals surface area contributed by atoms with Gasteiger partial charge in [-0.1, -0.05) is 61.5 Å². The van der Waals surface area contributed by atoms with Crippen LogP contribution in [-0.2, 0) is 0 Å². The van der Waals surface area contributed by atoms with Gasteiger partial charge in [0.2, 0.25) is 0 Å². The monoisotopic (exact) mass is 337 g/mol. The summed E-state index contributed by atoms with van der Waals surface area (Å²) < 4.78 is 0. The summed E-state index contributed by atoms with van der Waals surface area (Å²) in [5.74, 6) is 0.471. The van der Waals surface area contributed by atoms with Crippen LogP contribution in [0.25, 0.3) is 6.08 Å². The van der Waals surface area contributed by atoms with Crippen molar-refractivity contribution < 1.29 is 0 Å². The number of allylic oxidation sites excluding steroid dienone is 1. The van der Waals surface area contributed by atoms with Gasteiger partial charge in [0.25, 0.3) is 0 Å². The minimum Gasteiger partial charge on any atom is -0.374 e. The molecular formula is C22H28NP. The summed E-state index contributed by atoms with van der Waals surface area (Å²) in [7, 11) is 4.89. The Labute approximate surface area is 149 Å². The molecule has 0 amide bonds. The Morgan fingerprint density at radius 3 is 2.46 bits per heavy atom. The van der Waals surface area contributed by atoms with Crippen molar-refractivity contribution in [3.8, 4) is 0 Å². The van der Waals surface area contributed by atoms with E-state index in [1.807, 2.05) is 0 Å². The van der Waals surface area contributed by atoms with Crippen LogP contribution in [0.5, 0.6) is 0 Å². The van der Waals surface area contributed by atoms with Crippen molar-refractivity contribution in [2.45, 2.75) is 26.7 Å². The van der Waals surface area contributed by atoms with Crippen LogP contribution in [0.1, 0.15) is 35.1 Å². The average Bonchev–Trinajstić information content (AvgIpc) is 2.56. The van der Waals surface area contributed by atoms with Crippen LogP contribution in [0.15, 0.2) is 60.8 Å². The Bertz CT molecular complexity index is 728. The van der Waals surface area contributed by atoms with E-state index in [1.165, 1.54) is 27.6 Å². The summed E-state index contributed by atoms with van der Waals surface area (Å²) in [6.07, 6.45) is 4.22. The first kappa shape index (κ1) is 18.5. The molecule has 0 aliphatic rings. The molecule has 2 rings (SSSR count). The van der Waals surface area contributed by atoms with Gasteiger partial charge in [-0.05, 0) is 53.9 Å². The van der Waals surface area contributed by atoms with Crippen molar-refractivity contribution in [3.63, 3.8) is 0 Å². The number of likely N-dealkylation sites (N-methyl/N-ethyl adjacent to an activating group) is 1. The number of aryl methyl sites for hydroxylation is 2. The molecule has 2 aromatic rings. The van der Waals surface area contributed by atoms with Crippen LogP contribution in [0.3, 0.4) is 0 Å². The molecule has 0 aliphatic heterocycles. The Balaban J connectivity index is 1.97. The van der Waals surface area contributed by atoms with Gasteiger partial charge in [-0.25, -0.2) is 0 Å². The fourth-order valence-corrected chi connectivity index (χ4v) is 2.90. The molecule has 2 heteroatoms. The molecule has 2 atom stereocenters. The Hall–Kier alpha value is -1.85. The van der Waals surface area contributed by atoms with Crippen LogP contribution < -0.4 is 5.30 Å². The van der Waals surface area contributed by atoms with E-state index >= 15 is 0 Å². The fraction of sp³-hybridized carbons (Fsp3) is 0.273. The maximum Gasteiger partial charge on any atom is 0.0290 e. The van der Waals surface area contributed by atoms with Gasteiger partial charge >= 0.3 is 0 Å². The lowest BCUT2D eigenvalue weighted by Crippen LogP contribution is -2.21. The van der Waals surface area contributed by atoms with Crippen molar-refractivity contribution >= 4 is 20.6 Å². The number of hydrogen-bond acceptors (Lipinski definition) is 1. The van der Waals surface area contributed by atoms with Gasteiger partial charge in [-0.2, -0.15) is 0 Å². The molecule has 0 aliphatic carbocycles. The second-order valence-electron chi connectivity index (χ2n) is 6.63. The van der Waals surface area contributed by atoms with Crippen LogP contribution in [-0.4, -0.2) is 18.5 Å². The molecule has 1 nitrogen and oxygen atoms in total. The Kier molecular flexibility index (Phi) is 6.40. The number of rotatable bonds is 6. The van der Waals surface area contributed by atoms with E-state index in [1.54, 1.807) is 0 Å². The minimum absolute atomic E-state index is 0.471. The zero-order chi connectivity index (χ0) is 17.7. The second-order valence-corrected chi connectivity index (χ2v) is 7.25. The van der Waals surface area contributed by atoms with Crippen molar-refractivity contribution in [2.75, 3.05) is 13.6 Å². The predicted molar refractivity (Wildman–Crippen MR) is 111 cm³/mol.